The van der Waals surface area contributed by atoms with E-state index in [1.165, 1.54) is 5.56 Å². The van der Waals surface area contributed by atoms with Gasteiger partial charge in [0.1, 0.15) is 0 Å². The van der Waals surface area contributed by atoms with E-state index in [1.54, 1.807) is 6.20 Å². The van der Waals surface area contributed by atoms with Gasteiger partial charge < -0.3 is 5.73 Å². The number of benzene rings is 1. The third-order valence-corrected chi connectivity index (χ3v) is 4.46. The van der Waals surface area contributed by atoms with E-state index in [0.717, 1.165) is 38.2 Å². The third kappa shape index (κ3) is 3.43. The molecular formula is C17H20ClN3. The predicted molar refractivity (Wildman–Crippen MR) is 86.1 cm³/mol. The zero-order chi connectivity index (χ0) is 14.7. The average molecular weight is 302 g/mol. The van der Waals surface area contributed by atoms with Crippen LogP contribution in [0.15, 0.2) is 48.7 Å². The number of nitrogens with zero attached hydrogens (tertiary/aromatic N) is 2. The minimum atomic E-state index is -0.322. The minimum Gasteiger partial charge on any atom is -0.320 e. The molecule has 1 aromatic carbocycles. The Kier molecular flexibility index (Phi) is 4.24. The topological polar surface area (TPSA) is 42.1 Å². The molecule has 3 nitrogen and oxygen atoms in total. The molecule has 4 heteroatoms. The van der Waals surface area contributed by atoms with Crippen LogP contribution < -0.4 is 5.73 Å². The van der Waals surface area contributed by atoms with Gasteiger partial charge in [-0.15, -0.1) is 0 Å². The Labute approximate surface area is 130 Å². The van der Waals surface area contributed by atoms with Crippen molar-refractivity contribution >= 4 is 11.6 Å². The molecule has 0 radical (unpaired) electrons. The van der Waals surface area contributed by atoms with E-state index in [0.29, 0.717) is 5.02 Å². The molecule has 0 unspecified atom stereocenters. The van der Waals surface area contributed by atoms with Crippen LogP contribution in [-0.2, 0) is 12.1 Å². The molecule has 0 bridgehead atoms. The van der Waals surface area contributed by atoms with Gasteiger partial charge in [-0.2, -0.15) is 0 Å². The smallest absolute Gasteiger partial charge is 0.0608 e. The normalized spacial score (nSPS) is 18.6. The fourth-order valence-electron chi connectivity index (χ4n) is 2.88. The Morgan fingerprint density at radius 2 is 1.81 bits per heavy atom. The average Bonchev–Trinajstić information content (AvgIpc) is 2.51. The van der Waals surface area contributed by atoms with E-state index < -0.39 is 0 Å². The maximum absolute atomic E-state index is 6.55. The van der Waals surface area contributed by atoms with Crippen molar-refractivity contribution in [1.29, 1.82) is 0 Å². The minimum absolute atomic E-state index is 0.322. The van der Waals surface area contributed by atoms with Crippen LogP contribution in [0.4, 0.5) is 0 Å². The van der Waals surface area contributed by atoms with Gasteiger partial charge in [-0.3, -0.25) is 9.88 Å². The lowest BCUT2D eigenvalue weighted by Gasteiger charge is -2.38. The standard InChI is InChI=1S/C17H20ClN3/c18-15-6-7-16(20-12-15)17(19)8-10-21(11-9-17)13-14-4-2-1-3-5-14/h1-7,12H,8-11,13,19H2. The van der Waals surface area contributed by atoms with Crippen molar-refractivity contribution in [3.05, 3.63) is 64.9 Å². The molecule has 1 fully saturated rings. The van der Waals surface area contributed by atoms with Crippen LogP contribution >= 0.6 is 11.6 Å². The van der Waals surface area contributed by atoms with E-state index in [4.69, 9.17) is 17.3 Å². The van der Waals surface area contributed by atoms with Crippen LogP contribution in [0, 0.1) is 0 Å². The molecule has 0 spiro atoms. The molecule has 2 N–H and O–H groups in total. The highest BCUT2D eigenvalue weighted by molar-refractivity contribution is 6.30. The first kappa shape index (κ1) is 14.5. The molecule has 1 aromatic heterocycles. The summed E-state index contributed by atoms with van der Waals surface area (Å²) in [5, 5.41) is 0.656. The van der Waals surface area contributed by atoms with Crippen LogP contribution in [-0.4, -0.2) is 23.0 Å². The number of hydrogen-bond donors (Lipinski definition) is 1. The molecule has 21 heavy (non-hydrogen) atoms. The number of halogens is 1. The molecular weight excluding hydrogens is 282 g/mol. The Morgan fingerprint density at radius 3 is 2.43 bits per heavy atom. The molecule has 0 atom stereocenters. The van der Waals surface area contributed by atoms with E-state index in [1.807, 2.05) is 12.1 Å². The van der Waals surface area contributed by atoms with Crippen LogP contribution in [0.25, 0.3) is 0 Å². The van der Waals surface area contributed by atoms with Crippen molar-refractivity contribution in [3.63, 3.8) is 0 Å². The van der Waals surface area contributed by atoms with Crippen molar-refractivity contribution in [3.8, 4) is 0 Å². The van der Waals surface area contributed by atoms with Crippen LogP contribution in [0.1, 0.15) is 24.1 Å². The number of hydrogen-bond acceptors (Lipinski definition) is 3. The lowest BCUT2D eigenvalue weighted by Crippen LogP contribution is -2.48. The summed E-state index contributed by atoms with van der Waals surface area (Å²) in [6.07, 6.45) is 3.53. The van der Waals surface area contributed by atoms with Gasteiger partial charge in [0, 0.05) is 25.8 Å². The maximum atomic E-state index is 6.55. The molecule has 2 heterocycles. The first-order chi connectivity index (χ1) is 10.2. The first-order valence-corrected chi connectivity index (χ1v) is 7.71. The first-order valence-electron chi connectivity index (χ1n) is 7.33. The van der Waals surface area contributed by atoms with E-state index >= 15 is 0 Å². The molecule has 110 valence electrons. The van der Waals surface area contributed by atoms with Gasteiger partial charge in [0.25, 0.3) is 0 Å². The summed E-state index contributed by atoms with van der Waals surface area (Å²) in [6.45, 7) is 2.98. The van der Waals surface area contributed by atoms with Crippen molar-refractivity contribution in [1.82, 2.24) is 9.88 Å². The Balaban J connectivity index is 1.63. The van der Waals surface area contributed by atoms with Gasteiger partial charge >= 0.3 is 0 Å². The Hall–Kier alpha value is -1.42. The molecule has 0 amide bonds. The zero-order valence-electron chi connectivity index (χ0n) is 12.0. The van der Waals surface area contributed by atoms with Crippen molar-refractivity contribution in [2.75, 3.05) is 13.1 Å². The maximum Gasteiger partial charge on any atom is 0.0608 e. The van der Waals surface area contributed by atoms with Crippen molar-refractivity contribution in [2.24, 2.45) is 5.73 Å². The fraction of sp³-hybridized carbons (Fsp3) is 0.353. The van der Waals surface area contributed by atoms with Gasteiger partial charge in [0.2, 0.25) is 0 Å². The second-order valence-electron chi connectivity index (χ2n) is 5.78. The van der Waals surface area contributed by atoms with Gasteiger partial charge in [-0.1, -0.05) is 41.9 Å². The molecule has 3 rings (SSSR count). The number of pyridine rings is 1. The van der Waals surface area contributed by atoms with Crippen LogP contribution in [0.3, 0.4) is 0 Å². The molecule has 0 saturated carbocycles. The monoisotopic (exact) mass is 301 g/mol. The summed E-state index contributed by atoms with van der Waals surface area (Å²) >= 11 is 5.90. The number of nitrogens with two attached hydrogens (primary N) is 1. The second-order valence-corrected chi connectivity index (χ2v) is 6.22. The van der Waals surface area contributed by atoms with Gasteiger partial charge in [0.15, 0.2) is 0 Å². The van der Waals surface area contributed by atoms with E-state index in [2.05, 4.69) is 40.2 Å². The molecule has 2 aromatic rings. The summed E-state index contributed by atoms with van der Waals surface area (Å²) in [5.41, 5.74) is 8.54. The number of likely N-dealkylation sites (tertiary alicyclic amines) is 1. The lowest BCUT2D eigenvalue weighted by atomic mass is 9.85. The summed E-state index contributed by atoms with van der Waals surface area (Å²) in [4.78, 5) is 6.86. The van der Waals surface area contributed by atoms with Crippen molar-refractivity contribution < 1.29 is 0 Å². The quantitative estimate of drug-likeness (QED) is 0.947. The van der Waals surface area contributed by atoms with E-state index in [9.17, 15) is 0 Å². The summed E-state index contributed by atoms with van der Waals surface area (Å²) in [5.74, 6) is 0. The van der Waals surface area contributed by atoms with Gasteiger partial charge in [-0.25, -0.2) is 0 Å². The summed E-state index contributed by atoms with van der Waals surface area (Å²) < 4.78 is 0. The highest BCUT2D eigenvalue weighted by Crippen LogP contribution is 2.30. The largest absolute Gasteiger partial charge is 0.320 e. The summed E-state index contributed by atoms with van der Waals surface area (Å²) in [7, 11) is 0. The van der Waals surface area contributed by atoms with Gasteiger partial charge in [-0.05, 0) is 30.5 Å². The lowest BCUT2D eigenvalue weighted by molar-refractivity contribution is 0.153. The number of rotatable bonds is 3. The number of aromatic nitrogens is 1. The SMILES string of the molecule is NC1(c2ccc(Cl)cn2)CCN(Cc2ccccc2)CC1. The summed E-state index contributed by atoms with van der Waals surface area (Å²) in [6, 6.07) is 14.4. The Bertz CT molecular complexity index is 575. The molecule has 1 aliphatic rings. The molecule has 1 aliphatic heterocycles. The van der Waals surface area contributed by atoms with Crippen molar-refractivity contribution in [2.45, 2.75) is 24.9 Å². The Morgan fingerprint density at radius 1 is 1.10 bits per heavy atom. The molecule has 0 aliphatic carbocycles. The number of piperidine rings is 1. The highest BCUT2D eigenvalue weighted by Gasteiger charge is 2.33. The van der Waals surface area contributed by atoms with Crippen LogP contribution in [0.5, 0.6) is 0 Å². The third-order valence-electron chi connectivity index (χ3n) is 4.23. The second kappa shape index (κ2) is 6.14. The van der Waals surface area contributed by atoms with Gasteiger partial charge in [0.05, 0.1) is 16.3 Å². The predicted octanol–water partition coefficient (Wildman–Crippen LogP) is 3.19. The van der Waals surface area contributed by atoms with Crippen LogP contribution in [0.2, 0.25) is 5.02 Å². The highest BCUT2D eigenvalue weighted by atomic mass is 35.5. The van der Waals surface area contributed by atoms with E-state index in [-0.39, 0.29) is 5.54 Å². The molecule has 1 saturated heterocycles. The zero-order valence-corrected chi connectivity index (χ0v) is 12.8. The fourth-order valence-corrected chi connectivity index (χ4v) is 2.99.